The highest BCUT2D eigenvalue weighted by Crippen LogP contribution is 2.43. The quantitative estimate of drug-likeness (QED) is 0.598. The Labute approximate surface area is 193 Å². The number of rotatable bonds is 8. The lowest BCUT2D eigenvalue weighted by Crippen LogP contribution is -2.37. The van der Waals surface area contributed by atoms with E-state index < -0.39 is 11.6 Å². The van der Waals surface area contributed by atoms with Gasteiger partial charge in [-0.15, -0.1) is 0 Å². The molecule has 2 aliphatic carbocycles. The van der Waals surface area contributed by atoms with Gasteiger partial charge >= 0.3 is 0 Å². The van der Waals surface area contributed by atoms with Crippen molar-refractivity contribution in [3.05, 3.63) is 35.4 Å². The van der Waals surface area contributed by atoms with Crippen molar-refractivity contribution in [2.75, 3.05) is 27.2 Å². The highest BCUT2D eigenvalue weighted by atomic mass is 19.1. The summed E-state index contributed by atoms with van der Waals surface area (Å²) in [6.45, 7) is 1.44. The molecule has 0 radical (unpaired) electrons. The van der Waals surface area contributed by atoms with Crippen LogP contribution in [0.1, 0.15) is 44.1 Å². The Balaban J connectivity index is 1.32. The number of carbonyl (C=O) groups excluding carboxylic acids is 2. The summed E-state index contributed by atoms with van der Waals surface area (Å²) in [7, 11) is 3.73. The monoisotopic (exact) mass is 461 g/mol. The third-order valence-electron chi connectivity index (χ3n) is 8.01. The Hall–Kier alpha value is -2.06. The highest BCUT2D eigenvalue weighted by molar-refractivity contribution is 5.78. The number of likely N-dealkylation sites (tertiary alicyclic amines) is 1. The summed E-state index contributed by atoms with van der Waals surface area (Å²) in [4.78, 5) is 31.6. The van der Waals surface area contributed by atoms with Crippen LogP contribution >= 0.6 is 0 Å². The van der Waals surface area contributed by atoms with E-state index in [1.807, 2.05) is 23.9 Å². The number of hydrogen-bond donors (Lipinski definition) is 0. The molecule has 180 valence electrons. The lowest BCUT2D eigenvalue weighted by molar-refractivity contribution is -0.133. The van der Waals surface area contributed by atoms with Crippen molar-refractivity contribution in [1.29, 1.82) is 0 Å². The van der Waals surface area contributed by atoms with Crippen LogP contribution in [0.15, 0.2) is 18.2 Å². The lowest BCUT2D eigenvalue weighted by Gasteiger charge is -2.26. The zero-order chi connectivity index (χ0) is 23.3. The molecular weight excluding hydrogens is 428 g/mol. The van der Waals surface area contributed by atoms with Crippen LogP contribution in [0, 0.1) is 23.5 Å². The maximum absolute atomic E-state index is 14.4. The molecule has 0 N–H and O–H groups in total. The van der Waals surface area contributed by atoms with Crippen molar-refractivity contribution in [2.45, 2.75) is 69.3 Å². The van der Waals surface area contributed by atoms with Crippen LogP contribution in [0.5, 0.6) is 0 Å². The molecule has 2 heterocycles. The number of fused-ring (bicyclic) bond motifs is 1. The van der Waals surface area contributed by atoms with E-state index in [0.29, 0.717) is 50.2 Å². The molecular formula is C25H33F2N3O3. The third-order valence-corrected chi connectivity index (χ3v) is 8.01. The van der Waals surface area contributed by atoms with Crippen LogP contribution in [0.2, 0.25) is 0 Å². The third kappa shape index (κ3) is 4.78. The molecule has 4 fully saturated rings. The minimum absolute atomic E-state index is 0.0162. The van der Waals surface area contributed by atoms with Gasteiger partial charge in [0.2, 0.25) is 11.8 Å². The molecule has 4 aliphatic rings. The second-order valence-electron chi connectivity index (χ2n) is 10.3. The number of halogens is 2. The van der Waals surface area contributed by atoms with Gasteiger partial charge in [-0.3, -0.25) is 14.5 Å². The maximum atomic E-state index is 14.4. The van der Waals surface area contributed by atoms with E-state index in [4.69, 9.17) is 4.74 Å². The summed E-state index contributed by atoms with van der Waals surface area (Å²) < 4.78 is 33.9. The zero-order valence-corrected chi connectivity index (χ0v) is 19.4. The number of ether oxygens (including phenoxy) is 1. The fraction of sp³-hybridized carbons (Fsp3) is 0.680. The molecule has 8 heteroatoms. The molecule has 4 atom stereocenters. The van der Waals surface area contributed by atoms with Crippen molar-refractivity contribution < 1.29 is 23.1 Å². The van der Waals surface area contributed by atoms with Crippen LogP contribution < -0.4 is 0 Å². The summed E-state index contributed by atoms with van der Waals surface area (Å²) in [6.07, 6.45) is 4.71. The zero-order valence-electron chi connectivity index (χ0n) is 19.4. The minimum atomic E-state index is -0.593. The number of amides is 2. The van der Waals surface area contributed by atoms with Gasteiger partial charge in [0.05, 0.1) is 19.1 Å². The maximum Gasteiger partial charge on any atom is 0.225 e. The van der Waals surface area contributed by atoms with Gasteiger partial charge < -0.3 is 14.5 Å². The van der Waals surface area contributed by atoms with E-state index in [1.54, 1.807) is 0 Å². The second-order valence-corrected chi connectivity index (χ2v) is 10.3. The average Bonchev–Trinajstić information content (AvgIpc) is 3.70. The van der Waals surface area contributed by atoms with Crippen molar-refractivity contribution in [3.63, 3.8) is 0 Å². The molecule has 2 amide bonds. The van der Waals surface area contributed by atoms with E-state index in [0.717, 1.165) is 31.7 Å². The standard InChI is InChI=1S/C25H33F2N3O3/c1-28(18-5-6-18)23(31)9-16-13-30(12-15-3-4-17(26)10-20(15)27)21-14-33-22(25(16)21)11-24(32)29(2)19-7-8-19/h3-4,10,16,18-19,21-22,25H,5-9,11-14H2,1-2H3/t16-,21-,22+,25-/m1/s1. The molecule has 0 unspecified atom stereocenters. The van der Waals surface area contributed by atoms with E-state index in [2.05, 4.69) is 4.90 Å². The van der Waals surface area contributed by atoms with E-state index in [1.165, 1.54) is 12.1 Å². The summed E-state index contributed by atoms with van der Waals surface area (Å²) in [5, 5.41) is 0. The summed E-state index contributed by atoms with van der Waals surface area (Å²) in [5.74, 6) is -0.851. The van der Waals surface area contributed by atoms with Gasteiger partial charge in [0, 0.05) is 69.3 Å². The second kappa shape index (κ2) is 8.95. The molecule has 5 rings (SSSR count). The van der Waals surface area contributed by atoms with Gasteiger partial charge in [-0.25, -0.2) is 8.78 Å². The van der Waals surface area contributed by atoms with Crippen LogP contribution in [-0.4, -0.2) is 78.0 Å². The van der Waals surface area contributed by atoms with Crippen molar-refractivity contribution >= 4 is 11.8 Å². The molecule has 1 aromatic rings. The molecule has 33 heavy (non-hydrogen) atoms. The Kier molecular flexibility index (Phi) is 6.16. The Morgan fingerprint density at radius 1 is 1.03 bits per heavy atom. The molecule has 2 saturated carbocycles. The SMILES string of the molecule is CN(C(=O)C[C@@H]1CN(Cc2ccc(F)cc2F)[C@@H]2CO[C@@H](CC(=O)N(C)C3CC3)[C@H]12)C1CC1. The van der Waals surface area contributed by atoms with Gasteiger partial charge in [0.15, 0.2) is 0 Å². The van der Waals surface area contributed by atoms with Crippen molar-refractivity contribution in [2.24, 2.45) is 11.8 Å². The highest BCUT2D eigenvalue weighted by Gasteiger charge is 2.52. The van der Waals surface area contributed by atoms with Gasteiger partial charge in [-0.05, 0) is 37.7 Å². The minimum Gasteiger partial charge on any atom is -0.376 e. The first-order valence-corrected chi connectivity index (χ1v) is 12.1. The first-order valence-electron chi connectivity index (χ1n) is 12.1. The van der Waals surface area contributed by atoms with Crippen LogP contribution in [-0.2, 0) is 20.9 Å². The van der Waals surface area contributed by atoms with Crippen LogP contribution in [0.3, 0.4) is 0 Å². The van der Waals surface area contributed by atoms with Crippen molar-refractivity contribution in [3.8, 4) is 0 Å². The summed E-state index contributed by atoms with van der Waals surface area (Å²) >= 11 is 0. The Bertz CT molecular complexity index is 920. The fourth-order valence-corrected chi connectivity index (χ4v) is 5.68. The van der Waals surface area contributed by atoms with Gasteiger partial charge in [-0.2, -0.15) is 0 Å². The van der Waals surface area contributed by atoms with E-state index >= 15 is 0 Å². The predicted molar refractivity (Wildman–Crippen MR) is 118 cm³/mol. The van der Waals surface area contributed by atoms with Gasteiger partial charge in [0.1, 0.15) is 11.6 Å². The number of benzene rings is 1. The average molecular weight is 462 g/mol. The van der Waals surface area contributed by atoms with Crippen LogP contribution in [0.25, 0.3) is 0 Å². The van der Waals surface area contributed by atoms with Crippen LogP contribution in [0.4, 0.5) is 8.78 Å². The molecule has 1 aromatic carbocycles. The molecule has 2 saturated heterocycles. The van der Waals surface area contributed by atoms with E-state index in [9.17, 15) is 18.4 Å². The molecule has 0 bridgehead atoms. The molecule has 6 nitrogen and oxygen atoms in total. The smallest absolute Gasteiger partial charge is 0.225 e. The number of carbonyl (C=O) groups is 2. The Morgan fingerprint density at radius 2 is 1.67 bits per heavy atom. The predicted octanol–water partition coefficient (Wildman–Crippen LogP) is 2.80. The Morgan fingerprint density at radius 3 is 2.27 bits per heavy atom. The van der Waals surface area contributed by atoms with Gasteiger partial charge in [-0.1, -0.05) is 6.07 Å². The molecule has 0 aromatic heterocycles. The topological polar surface area (TPSA) is 53.1 Å². The van der Waals surface area contributed by atoms with Crippen molar-refractivity contribution in [1.82, 2.24) is 14.7 Å². The number of nitrogens with zero attached hydrogens (tertiary/aromatic N) is 3. The largest absolute Gasteiger partial charge is 0.376 e. The lowest BCUT2D eigenvalue weighted by atomic mass is 9.84. The summed E-state index contributed by atoms with van der Waals surface area (Å²) in [6, 6.07) is 4.39. The molecule has 2 aliphatic heterocycles. The van der Waals surface area contributed by atoms with Gasteiger partial charge in [0.25, 0.3) is 0 Å². The summed E-state index contributed by atoms with van der Waals surface area (Å²) in [5.41, 5.74) is 0.435. The van der Waals surface area contributed by atoms with E-state index in [-0.39, 0.29) is 35.8 Å². The molecule has 0 spiro atoms. The fourth-order valence-electron chi connectivity index (χ4n) is 5.68. The first-order chi connectivity index (χ1) is 15.8. The normalized spacial score (nSPS) is 29.2. The first kappa shape index (κ1) is 22.7. The number of hydrogen-bond acceptors (Lipinski definition) is 4.